The monoisotopic (exact) mass is 541 g/mol. The minimum absolute atomic E-state index is 0.273. The molecule has 0 saturated carbocycles. The van der Waals surface area contributed by atoms with E-state index in [0.717, 1.165) is 18.4 Å². The summed E-state index contributed by atoms with van der Waals surface area (Å²) in [7, 11) is -3.58. The fourth-order valence-corrected chi connectivity index (χ4v) is 5.92. The molecule has 1 saturated heterocycles. The lowest BCUT2D eigenvalue weighted by Gasteiger charge is -2.36. The molecule has 0 aromatic heterocycles. The molecule has 0 spiro atoms. The third kappa shape index (κ3) is 6.44. The van der Waals surface area contributed by atoms with Crippen molar-refractivity contribution in [2.45, 2.75) is 31.6 Å². The lowest BCUT2D eigenvalue weighted by atomic mass is 10.1. The zero-order valence-electron chi connectivity index (χ0n) is 21.1. The van der Waals surface area contributed by atoms with Crippen LogP contribution in [-0.2, 0) is 10.0 Å². The quantitative estimate of drug-likeness (QED) is 0.357. The Labute approximate surface area is 224 Å². The Hall–Kier alpha value is -3.07. The summed E-state index contributed by atoms with van der Waals surface area (Å²) in [5.41, 5.74) is 2.74. The Balaban J connectivity index is 1.47. The van der Waals surface area contributed by atoms with Crippen molar-refractivity contribution in [1.82, 2.24) is 4.31 Å². The number of amides is 1. The predicted molar refractivity (Wildman–Crippen MR) is 148 cm³/mol. The molecule has 37 heavy (non-hydrogen) atoms. The Kier molecular flexibility index (Phi) is 8.74. The van der Waals surface area contributed by atoms with E-state index in [4.69, 9.17) is 16.3 Å². The summed E-state index contributed by atoms with van der Waals surface area (Å²) in [6.45, 7) is 6.13. The van der Waals surface area contributed by atoms with Gasteiger partial charge in [-0.3, -0.25) is 4.79 Å². The van der Waals surface area contributed by atoms with Crippen molar-refractivity contribution < 1.29 is 17.9 Å². The minimum Gasteiger partial charge on any atom is -0.494 e. The van der Waals surface area contributed by atoms with Crippen molar-refractivity contribution in [1.29, 1.82) is 0 Å². The number of anilines is 2. The molecule has 1 fully saturated rings. The molecule has 1 heterocycles. The van der Waals surface area contributed by atoms with Crippen molar-refractivity contribution in [3.05, 3.63) is 82.9 Å². The first kappa shape index (κ1) is 27.0. The van der Waals surface area contributed by atoms with Gasteiger partial charge in [0.25, 0.3) is 5.91 Å². The van der Waals surface area contributed by atoms with Crippen LogP contribution in [0.15, 0.2) is 71.6 Å². The highest BCUT2D eigenvalue weighted by Gasteiger charge is 2.30. The van der Waals surface area contributed by atoms with Gasteiger partial charge in [-0.1, -0.05) is 54.8 Å². The number of para-hydroxylation sites is 1. The number of hydrogen-bond acceptors (Lipinski definition) is 5. The number of aryl methyl sites for hydroxylation is 1. The second-order valence-electron chi connectivity index (χ2n) is 9.02. The zero-order valence-corrected chi connectivity index (χ0v) is 22.7. The minimum atomic E-state index is -3.58. The maximum atomic E-state index is 13.1. The normalized spacial score (nSPS) is 14.4. The molecule has 3 aromatic rings. The van der Waals surface area contributed by atoms with Crippen LogP contribution in [0.25, 0.3) is 0 Å². The number of carbonyl (C=O) groups is 1. The topological polar surface area (TPSA) is 79.0 Å². The van der Waals surface area contributed by atoms with E-state index in [0.29, 0.717) is 60.5 Å². The average molecular weight is 542 g/mol. The number of unbranched alkanes of at least 4 members (excludes halogenated alkanes) is 1. The van der Waals surface area contributed by atoms with Crippen molar-refractivity contribution >= 4 is 38.9 Å². The van der Waals surface area contributed by atoms with Crippen molar-refractivity contribution in [2.75, 3.05) is 43.0 Å². The third-order valence-corrected chi connectivity index (χ3v) is 8.53. The van der Waals surface area contributed by atoms with Gasteiger partial charge in [0.05, 0.1) is 27.9 Å². The van der Waals surface area contributed by atoms with Crippen LogP contribution < -0.4 is 15.0 Å². The molecule has 0 atom stereocenters. The fourth-order valence-electron chi connectivity index (χ4n) is 4.20. The van der Waals surface area contributed by atoms with Crippen LogP contribution >= 0.6 is 11.6 Å². The number of rotatable bonds is 9. The molecule has 0 aliphatic carbocycles. The molecule has 1 amide bonds. The maximum absolute atomic E-state index is 13.1. The van der Waals surface area contributed by atoms with Crippen LogP contribution in [0.3, 0.4) is 0 Å². The number of halogens is 1. The first-order valence-electron chi connectivity index (χ1n) is 12.4. The molecule has 0 unspecified atom stereocenters. The van der Waals surface area contributed by atoms with Gasteiger partial charge in [-0.2, -0.15) is 4.31 Å². The third-order valence-electron chi connectivity index (χ3n) is 6.31. The lowest BCUT2D eigenvalue weighted by molar-refractivity contribution is 0.102. The van der Waals surface area contributed by atoms with Gasteiger partial charge in [-0.05, 0) is 55.8 Å². The van der Waals surface area contributed by atoms with Gasteiger partial charge in [0.15, 0.2) is 0 Å². The molecule has 1 aliphatic rings. The van der Waals surface area contributed by atoms with Crippen molar-refractivity contribution in [2.24, 2.45) is 0 Å². The molecule has 4 rings (SSSR count). The van der Waals surface area contributed by atoms with Gasteiger partial charge in [-0.25, -0.2) is 8.42 Å². The SMILES string of the molecule is CCCCOc1cccc(C(=O)Nc2cccc(Cl)c2N2CCN(S(=O)(=O)c3ccc(C)cc3)CC2)c1. The van der Waals surface area contributed by atoms with Crippen molar-refractivity contribution in [3.8, 4) is 5.75 Å². The van der Waals surface area contributed by atoms with E-state index in [1.807, 2.05) is 17.9 Å². The number of nitrogens with one attached hydrogen (secondary N) is 1. The summed E-state index contributed by atoms with van der Waals surface area (Å²) in [6.07, 6.45) is 1.98. The largest absolute Gasteiger partial charge is 0.494 e. The molecular formula is C28H32ClN3O4S. The predicted octanol–water partition coefficient (Wildman–Crippen LogP) is 5.59. The van der Waals surface area contributed by atoms with Crippen molar-refractivity contribution in [3.63, 3.8) is 0 Å². The van der Waals surface area contributed by atoms with Gasteiger partial charge in [0, 0.05) is 31.7 Å². The van der Waals surface area contributed by atoms with Crippen LogP contribution in [0.5, 0.6) is 5.75 Å². The molecule has 1 N–H and O–H groups in total. The standard InChI is InChI=1S/C28H32ClN3O4S/c1-3-4-19-36-23-8-5-7-22(20-23)28(33)30-26-10-6-9-25(29)27(26)31-15-17-32(18-16-31)37(34,35)24-13-11-21(2)12-14-24/h5-14,20H,3-4,15-19H2,1-2H3,(H,30,33). The van der Waals surface area contributed by atoms with Gasteiger partial charge < -0.3 is 15.0 Å². The van der Waals surface area contributed by atoms with E-state index in [9.17, 15) is 13.2 Å². The van der Waals surface area contributed by atoms with Crippen LogP contribution in [-0.4, -0.2) is 51.4 Å². The first-order valence-corrected chi connectivity index (χ1v) is 14.3. The average Bonchev–Trinajstić information content (AvgIpc) is 2.89. The van der Waals surface area contributed by atoms with E-state index < -0.39 is 10.0 Å². The van der Waals surface area contributed by atoms with Crippen LogP contribution in [0.1, 0.15) is 35.7 Å². The van der Waals surface area contributed by atoms with Crippen LogP contribution in [0.2, 0.25) is 5.02 Å². The Bertz CT molecular complexity index is 1340. The molecule has 9 heteroatoms. The summed E-state index contributed by atoms with van der Waals surface area (Å²) in [4.78, 5) is 15.4. The second kappa shape index (κ2) is 12.0. The second-order valence-corrected chi connectivity index (χ2v) is 11.4. The number of hydrogen-bond donors (Lipinski definition) is 1. The highest BCUT2D eigenvalue weighted by Crippen LogP contribution is 2.35. The number of nitrogens with zero attached hydrogens (tertiary/aromatic N) is 2. The summed E-state index contributed by atoms with van der Waals surface area (Å²) in [5.74, 6) is 0.378. The maximum Gasteiger partial charge on any atom is 0.255 e. The smallest absolute Gasteiger partial charge is 0.255 e. The van der Waals surface area contributed by atoms with Gasteiger partial charge in [-0.15, -0.1) is 0 Å². The first-order chi connectivity index (χ1) is 17.8. The molecular weight excluding hydrogens is 510 g/mol. The number of carbonyl (C=O) groups excluding carboxylic acids is 1. The Morgan fingerprint density at radius 2 is 1.70 bits per heavy atom. The molecule has 1 aliphatic heterocycles. The Morgan fingerprint density at radius 3 is 2.41 bits per heavy atom. The van der Waals surface area contributed by atoms with E-state index >= 15 is 0 Å². The highest BCUT2D eigenvalue weighted by atomic mass is 35.5. The highest BCUT2D eigenvalue weighted by molar-refractivity contribution is 7.89. The Morgan fingerprint density at radius 1 is 1.00 bits per heavy atom. The number of sulfonamides is 1. The molecule has 0 bridgehead atoms. The van der Waals surface area contributed by atoms with Gasteiger partial charge >= 0.3 is 0 Å². The molecule has 7 nitrogen and oxygen atoms in total. The van der Waals surface area contributed by atoms with Crippen LogP contribution in [0, 0.1) is 6.92 Å². The lowest BCUT2D eigenvalue weighted by Crippen LogP contribution is -2.49. The van der Waals surface area contributed by atoms with Gasteiger partial charge in [0.1, 0.15) is 5.75 Å². The summed E-state index contributed by atoms with van der Waals surface area (Å²) in [5, 5.41) is 3.47. The number of ether oxygens (including phenoxy) is 1. The molecule has 0 radical (unpaired) electrons. The zero-order chi connectivity index (χ0) is 26.4. The fraction of sp³-hybridized carbons (Fsp3) is 0.321. The summed E-state index contributed by atoms with van der Waals surface area (Å²) in [6, 6.07) is 19.3. The van der Waals surface area contributed by atoms with E-state index in [2.05, 4.69) is 12.2 Å². The number of benzene rings is 3. The van der Waals surface area contributed by atoms with E-state index in [-0.39, 0.29) is 10.8 Å². The van der Waals surface area contributed by atoms with Crippen LogP contribution in [0.4, 0.5) is 11.4 Å². The van der Waals surface area contributed by atoms with E-state index in [1.165, 1.54) is 4.31 Å². The summed E-state index contributed by atoms with van der Waals surface area (Å²) >= 11 is 6.58. The van der Waals surface area contributed by atoms with Gasteiger partial charge in [0.2, 0.25) is 10.0 Å². The summed E-state index contributed by atoms with van der Waals surface area (Å²) < 4.78 is 33.4. The molecule has 196 valence electrons. The molecule has 3 aromatic carbocycles. The van der Waals surface area contributed by atoms with E-state index in [1.54, 1.807) is 60.7 Å². The number of piperazine rings is 1.